The molecule has 0 atom stereocenters. The van der Waals surface area contributed by atoms with Gasteiger partial charge in [-0.3, -0.25) is 9.59 Å². The van der Waals surface area contributed by atoms with Crippen molar-refractivity contribution in [3.8, 4) is 11.5 Å². The molecule has 6 nitrogen and oxygen atoms in total. The normalized spacial score (nSPS) is 12.6. The lowest BCUT2D eigenvalue weighted by atomic mass is 10.1. The highest BCUT2D eigenvalue weighted by molar-refractivity contribution is 6.00. The fourth-order valence-electron chi connectivity index (χ4n) is 2.63. The summed E-state index contributed by atoms with van der Waals surface area (Å²) in [7, 11) is 1.57. The van der Waals surface area contributed by atoms with Crippen LogP contribution in [0.5, 0.6) is 11.5 Å². The molecule has 0 saturated carbocycles. The van der Waals surface area contributed by atoms with Gasteiger partial charge in [0.2, 0.25) is 5.91 Å². The number of carbonyl (C=O) groups is 2. The van der Waals surface area contributed by atoms with Crippen LogP contribution in [-0.4, -0.2) is 25.5 Å². The summed E-state index contributed by atoms with van der Waals surface area (Å²) in [4.78, 5) is 23.6. The first-order chi connectivity index (χ1) is 12.1. The van der Waals surface area contributed by atoms with E-state index in [2.05, 4.69) is 10.6 Å². The lowest BCUT2D eigenvalue weighted by Gasteiger charge is -2.21. The van der Waals surface area contributed by atoms with Gasteiger partial charge in [0, 0.05) is 18.6 Å². The first kappa shape index (κ1) is 16.8. The topological polar surface area (TPSA) is 76.7 Å². The molecule has 0 bridgehead atoms. The van der Waals surface area contributed by atoms with E-state index in [0.29, 0.717) is 12.2 Å². The number of amides is 2. The zero-order chi connectivity index (χ0) is 17.8. The van der Waals surface area contributed by atoms with E-state index in [1.54, 1.807) is 7.11 Å². The Hall–Kier alpha value is -3.09. The molecule has 1 heterocycles. The maximum absolute atomic E-state index is 13.7. The van der Waals surface area contributed by atoms with E-state index in [0.717, 1.165) is 17.7 Å². The molecule has 0 radical (unpaired) electrons. The van der Waals surface area contributed by atoms with Gasteiger partial charge in [-0.15, -0.1) is 0 Å². The van der Waals surface area contributed by atoms with Gasteiger partial charge in [0.15, 0.2) is 12.4 Å². The number of para-hydroxylation sites is 1. The molecule has 2 aromatic rings. The standard InChI is InChI=1S/C18H17FN2O4/c1-24-15-5-3-2-4-11(15)6-7-16(22)20-13-8-12(19)9-14-18(13)25-10-17(23)21-14/h2-5,8-9H,6-7,10H2,1H3,(H,20,22)(H,21,23). The van der Waals surface area contributed by atoms with Crippen LogP contribution in [-0.2, 0) is 16.0 Å². The Kier molecular flexibility index (Phi) is 4.83. The predicted molar refractivity (Wildman–Crippen MR) is 90.5 cm³/mol. The average molecular weight is 344 g/mol. The lowest BCUT2D eigenvalue weighted by Crippen LogP contribution is -2.26. The van der Waals surface area contributed by atoms with Gasteiger partial charge in [-0.25, -0.2) is 4.39 Å². The lowest BCUT2D eigenvalue weighted by molar-refractivity contribution is -0.118. The molecule has 0 spiro atoms. The quantitative estimate of drug-likeness (QED) is 0.874. The van der Waals surface area contributed by atoms with Gasteiger partial charge in [0.25, 0.3) is 5.91 Å². The molecule has 2 N–H and O–H groups in total. The van der Waals surface area contributed by atoms with Crippen molar-refractivity contribution in [2.45, 2.75) is 12.8 Å². The molecule has 0 aliphatic carbocycles. The maximum atomic E-state index is 13.7. The van der Waals surface area contributed by atoms with Gasteiger partial charge in [-0.2, -0.15) is 0 Å². The molecule has 0 unspecified atom stereocenters. The molecule has 0 aromatic heterocycles. The van der Waals surface area contributed by atoms with E-state index in [1.807, 2.05) is 24.3 Å². The molecular formula is C18H17FN2O4. The van der Waals surface area contributed by atoms with Crippen LogP contribution in [0.4, 0.5) is 15.8 Å². The number of hydrogen-bond acceptors (Lipinski definition) is 4. The van der Waals surface area contributed by atoms with Crippen molar-refractivity contribution >= 4 is 23.2 Å². The summed E-state index contributed by atoms with van der Waals surface area (Å²) >= 11 is 0. The molecular weight excluding hydrogens is 327 g/mol. The Labute approximate surface area is 143 Å². The van der Waals surface area contributed by atoms with Crippen molar-refractivity contribution in [1.82, 2.24) is 0 Å². The summed E-state index contributed by atoms with van der Waals surface area (Å²) < 4.78 is 24.3. The second-order valence-electron chi connectivity index (χ2n) is 5.53. The largest absolute Gasteiger partial charge is 0.496 e. The fourth-order valence-corrected chi connectivity index (χ4v) is 2.63. The number of aryl methyl sites for hydroxylation is 1. The number of hydrogen-bond donors (Lipinski definition) is 2. The van der Waals surface area contributed by atoms with E-state index < -0.39 is 5.82 Å². The van der Waals surface area contributed by atoms with Crippen LogP contribution < -0.4 is 20.1 Å². The number of halogens is 1. The number of rotatable bonds is 5. The first-order valence-corrected chi connectivity index (χ1v) is 7.75. The van der Waals surface area contributed by atoms with Gasteiger partial charge in [0.1, 0.15) is 11.6 Å². The Balaban J connectivity index is 1.70. The van der Waals surface area contributed by atoms with Gasteiger partial charge in [0.05, 0.1) is 18.5 Å². The number of benzene rings is 2. The summed E-state index contributed by atoms with van der Waals surface area (Å²) in [5, 5.41) is 5.15. The summed E-state index contributed by atoms with van der Waals surface area (Å²) in [6, 6.07) is 9.75. The van der Waals surface area contributed by atoms with E-state index in [9.17, 15) is 14.0 Å². The number of methoxy groups -OCH3 is 1. The molecule has 0 saturated heterocycles. The smallest absolute Gasteiger partial charge is 0.262 e. The molecule has 3 rings (SSSR count). The first-order valence-electron chi connectivity index (χ1n) is 7.75. The summed E-state index contributed by atoms with van der Waals surface area (Å²) in [6.45, 7) is -0.178. The second kappa shape index (κ2) is 7.21. The van der Waals surface area contributed by atoms with E-state index in [1.165, 1.54) is 0 Å². The fraction of sp³-hybridized carbons (Fsp3) is 0.222. The zero-order valence-corrected chi connectivity index (χ0v) is 13.6. The minimum absolute atomic E-state index is 0.178. The van der Waals surface area contributed by atoms with E-state index in [4.69, 9.17) is 9.47 Å². The highest BCUT2D eigenvalue weighted by Gasteiger charge is 2.21. The molecule has 1 aliphatic rings. The molecule has 0 fully saturated rings. The molecule has 7 heteroatoms. The van der Waals surface area contributed by atoms with Gasteiger partial charge in [-0.05, 0) is 18.1 Å². The van der Waals surface area contributed by atoms with Crippen molar-refractivity contribution < 1.29 is 23.5 Å². The van der Waals surface area contributed by atoms with E-state index >= 15 is 0 Å². The van der Waals surface area contributed by atoms with Gasteiger partial charge >= 0.3 is 0 Å². The number of fused-ring (bicyclic) bond motifs is 1. The van der Waals surface area contributed by atoms with Crippen molar-refractivity contribution in [2.24, 2.45) is 0 Å². The maximum Gasteiger partial charge on any atom is 0.262 e. The Morgan fingerprint density at radius 3 is 2.96 bits per heavy atom. The third-order valence-electron chi connectivity index (χ3n) is 3.76. The molecule has 130 valence electrons. The third kappa shape index (κ3) is 3.88. The summed E-state index contributed by atoms with van der Waals surface area (Å²) in [5.41, 5.74) is 1.31. The highest BCUT2D eigenvalue weighted by atomic mass is 19.1. The third-order valence-corrected chi connectivity index (χ3v) is 3.76. The molecule has 1 aliphatic heterocycles. The van der Waals surface area contributed by atoms with Crippen LogP contribution in [0.25, 0.3) is 0 Å². The van der Waals surface area contributed by atoms with Crippen LogP contribution in [0.2, 0.25) is 0 Å². The Morgan fingerprint density at radius 2 is 2.16 bits per heavy atom. The average Bonchev–Trinajstić information content (AvgIpc) is 2.59. The number of ether oxygens (including phenoxy) is 2. The minimum Gasteiger partial charge on any atom is -0.496 e. The van der Waals surface area contributed by atoms with Crippen molar-refractivity contribution in [2.75, 3.05) is 24.4 Å². The number of anilines is 2. The SMILES string of the molecule is COc1ccccc1CCC(=O)Nc1cc(F)cc2c1OCC(=O)N2. The van der Waals surface area contributed by atoms with Gasteiger partial charge < -0.3 is 20.1 Å². The van der Waals surface area contributed by atoms with E-state index in [-0.39, 0.29) is 42.0 Å². The van der Waals surface area contributed by atoms with Crippen LogP contribution in [0.1, 0.15) is 12.0 Å². The van der Waals surface area contributed by atoms with Gasteiger partial charge in [-0.1, -0.05) is 18.2 Å². The van der Waals surface area contributed by atoms with Crippen LogP contribution in [0, 0.1) is 5.82 Å². The number of nitrogens with one attached hydrogen (secondary N) is 2. The molecule has 2 amide bonds. The van der Waals surface area contributed by atoms with Crippen molar-refractivity contribution in [1.29, 1.82) is 0 Å². The molecule has 2 aromatic carbocycles. The zero-order valence-electron chi connectivity index (χ0n) is 13.6. The second-order valence-corrected chi connectivity index (χ2v) is 5.53. The summed E-state index contributed by atoms with van der Waals surface area (Å²) in [5.74, 6) is -0.272. The van der Waals surface area contributed by atoms with Crippen molar-refractivity contribution in [3.63, 3.8) is 0 Å². The molecule has 25 heavy (non-hydrogen) atoms. The predicted octanol–water partition coefficient (Wildman–Crippen LogP) is 2.74. The van der Waals surface area contributed by atoms with Crippen molar-refractivity contribution in [3.05, 3.63) is 47.8 Å². The minimum atomic E-state index is -0.579. The monoisotopic (exact) mass is 344 g/mol. The number of carbonyl (C=O) groups excluding carboxylic acids is 2. The van der Waals surface area contributed by atoms with Crippen LogP contribution >= 0.6 is 0 Å². The Bertz CT molecular complexity index is 823. The van der Waals surface area contributed by atoms with Crippen LogP contribution in [0.15, 0.2) is 36.4 Å². The van der Waals surface area contributed by atoms with Crippen LogP contribution in [0.3, 0.4) is 0 Å². The summed E-state index contributed by atoms with van der Waals surface area (Å²) in [6.07, 6.45) is 0.670. The highest BCUT2D eigenvalue weighted by Crippen LogP contribution is 2.36. The Morgan fingerprint density at radius 1 is 1.36 bits per heavy atom.